The third-order valence-electron chi connectivity index (χ3n) is 4.92. The highest BCUT2D eigenvalue weighted by molar-refractivity contribution is 7.98. The molecule has 0 spiro atoms. The molecule has 0 N–H and O–H groups in total. The molecule has 5 rings (SSSR count). The molecule has 0 aliphatic carbocycles. The molecule has 0 saturated heterocycles. The molecule has 0 amide bonds. The van der Waals surface area contributed by atoms with Crippen LogP contribution in [0.2, 0.25) is 0 Å². The zero-order chi connectivity index (χ0) is 22.1. The number of thioether (sulfide) groups is 1. The van der Waals surface area contributed by atoms with Crippen molar-refractivity contribution in [3.8, 4) is 22.8 Å². The molecule has 0 radical (unpaired) electrons. The Bertz CT molecular complexity index is 1280. The van der Waals surface area contributed by atoms with Crippen LogP contribution >= 0.6 is 11.8 Å². The maximum Gasteiger partial charge on any atom is 0.196 e. The molecule has 1 aliphatic heterocycles. The lowest BCUT2D eigenvalue weighted by Gasteiger charge is -2.20. The predicted molar refractivity (Wildman–Crippen MR) is 113 cm³/mol. The molecule has 32 heavy (non-hydrogen) atoms. The summed E-state index contributed by atoms with van der Waals surface area (Å²) in [7, 11) is 0. The Hall–Kier alpha value is -3.30. The van der Waals surface area contributed by atoms with E-state index in [4.69, 9.17) is 9.47 Å². The summed E-state index contributed by atoms with van der Waals surface area (Å²) < 4.78 is 54.7. The predicted octanol–water partition coefficient (Wildman–Crippen LogP) is 5.51. The second kappa shape index (κ2) is 8.68. The summed E-state index contributed by atoms with van der Waals surface area (Å²) in [6, 6.07) is 15.3. The largest absolute Gasteiger partial charge is 0.467 e. The van der Waals surface area contributed by atoms with Crippen LogP contribution in [0.15, 0.2) is 65.8 Å². The highest BCUT2D eigenvalue weighted by Gasteiger charge is 2.21. The molecule has 1 aromatic heterocycles. The smallest absolute Gasteiger partial charge is 0.196 e. The minimum Gasteiger partial charge on any atom is -0.467 e. The minimum absolute atomic E-state index is 0.0887. The quantitative estimate of drug-likeness (QED) is 0.372. The third kappa shape index (κ3) is 3.96. The van der Waals surface area contributed by atoms with Crippen LogP contribution in [-0.4, -0.2) is 21.6 Å². The van der Waals surface area contributed by atoms with Gasteiger partial charge in [0.05, 0.1) is 12.3 Å². The van der Waals surface area contributed by atoms with Gasteiger partial charge in [-0.2, -0.15) is 0 Å². The summed E-state index contributed by atoms with van der Waals surface area (Å²) in [6.45, 7) is 0.352. The van der Waals surface area contributed by atoms with Crippen molar-refractivity contribution in [1.29, 1.82) is 0 Å². The molecule has 9 heteroatoms. The molecule has 0 unspecified atom stereocenters. The van der Waals surface area contributed by atoms with Crippen LogP contribution in [-0.2, 0) is 17.1 Å². The van der Waals surface area contributed by atoms with Crippen molar-refractivity contribution in [2.75, 3.05) is 6.79 Å². The Kier molecular flexibility index (Phi) is 5.59. The van der Waals surface area contributed by atoms with Gasteiger partial charge in [-0.05, 0) is 24.3 Å². The van der Waals surface area contributed by atoms with E-state index in [0.717, 1.165) is 11.6 Å². The average molecular weight is 455 g/mol. The van der Waals surface area contributed by atoms with E-state index in [1.807, 2.05) is 30.3 Å². The van der Waals surface area contributed by atoms with E-state index in [1.54, 1.807) is 0 Å². The number of ether oxygens (including phenoxy) is 2. The lowest BCUT2D eigenvalue weighted by Crippen LogP contribution is -2.13. The van der Waals surface area contributed by atoms with Gasteiger partial charge in [-0.25, -0.2) is 13.2 Å². The maximum atomic E-state index is 14.7. The average Bonchev–Trinajstić information content (AvgIpc) is 3.21. The first-order valence-corrected chi connectivity index (χ1v) is 10.7. The lowest BCUT2D eigenvalue weighted by atomic mass is 10.1. The molecule has 3 aromatic carbocycles. The van der Waals surface area contributed by atoms with E-state index < -0.39 is 17.5 Å². The molecule has 0 saturated carbocycles. The monoisotopic (exact) mass is 455 g/mol. The summed E-state index contributed by atoms with van der Waals surface area (Å²) in [5.41, 5.74) is 2.09. The molecular formula is C23H16F3N3O2S. The highest BCUT2D eigenvalue weighted by atomic mass is 32.2. The van der Waals surface area contributed by atoms with Crippen LogP contribution in [0.4, 0.5) is 13.2 Å². The van der Waals surface area contributed by atoms with Crippen LogP contribution in [0.5, 0.6) is 5.75 Å². The summed E-state index contributed by atoms with van der Waals surface area (Å²) in [5.74, 6) is -0.537. The van der Waals surface area contributed by atoms with E-state index in [2.05, 4.69) is 10.2 Å². The Morgan fingerprint density at radius 3 is 2.59 bits per heavy atom. The summed E-state index contributed by atoms with van der Waals surface area (Å²) in [6.07, 6.45) is 0. The molecule has 5 nitrogen and oxygen atoms in total. The van der Waals surface area contributed by atoms with E-state index in [0.29, 0.717) is 33.6 Å². The fourth-order valence-electron chi connectivity index (χ4n) is 3.52. The van der Waals surface area contributed by atoms with E-state index >= 15 is 0 Å². The second-order valence-corrected chi connectivity index (χ2v) is 8.00. The molecule has 2 heterocycles. The number of rotatable bonds is 5. The Balaban J connectivity index is 1.55. The first kappa shape index (κ1) is 20.6. The van der Waals surface area contributed by atoms with Gasteiger partial charge in [0.1, 0.15) is 23.2 Å². The molecule has 1 aliphatic rings. The van der Waals surface area contributed by atoms with Crippen molar-refractivity contribution in [3.05, 3.63) is 89.2 Å². The van der Waals surface area contributed by atoms with Crippen molar-refractivity contribution in [1.82, 2.24) is 14.8 Å². The fraction of sp³-hybridized carbons (Fsp3) is 0.130. The van der Waals surface area contributed by atoms with Crippen molar-refractivity contribution < 1.29 is 22.6 Å². The molecule has 0 bridgehead atoms. The number of hydrogen-bond donors (Lipinski definition) is 0. The van der Waals surface area contributed by atoms with Gasteiger partial charge < -0.3 is 9.47 Å². The maximum absolute atomic E-state index is 14.7. The Morgan fingerprint density at radius 1 is 0.938 bits per heavy atom. The minimum atomic E-state index is -0.743. The van der Waals surface area contributed by atoms with Gasteiger partial charge in [-0.15, -0.1) is 10.2 Å². The number of aromatic nitrogens is 3. The van der Waals surface area contributed by atoms with E-state index in [1.165, 1.54) is 40.6 Å². The summed E-state index contributed by atoms with van der Waals surface area (Å²) in [5, 5.41) is 8.86. The van der Waals surface area contributed by atoms with Crippen molar-refractivity contribution in [2.24, 2.45) is 0 Å². The summed E-state index contributed by atoms with van der Waals surface area (Å²) >= 11 is 1.25. The number of hydrogen-bond acceptors (Lipinski definition) is 5. The van der Waals surface area contributed by atoms with Crippen molar-refractivity contribution in [2.45, 2.75) is 17.5 Å². The van der Waals surface area contributed by atoms with Gasteiger partial charge in [-0.3, -0.25) is 4.57 Å². The topological polar surface area (TPSA) is 49.2 Å². The van der Waals surface area contributed by atoms with Crippen LogP contribution in [0.1, 0.15) is 11.1 Å². The Labute approximate surface area is 185 Å². The van der Waals surface area contributed by atoms with Crippen molar-refractivity contribution in [3.63, 3.8) is 0 Å². The van der Waals surface area contributed by atoms with Gasteiger partial charge in [-0.1, -0.05) is 42.1 Å². The van der Waals surface area contributed by atoms with Crippen LogP contribution < -0.4 is 4.74 Å². The zero-order valence-corrected chi connectivity index (χ0v) is 17.4. The number of halogens is 3. The molecular weight excluding hydrogens is 439 g/mol. The van der Waals surface area contributed by atoms with Gasteiger partial charge in [0.2, 0.25) is 0 Å². The summed E-state index contributed by atoms with van der Waals surface area (Å²) in [4.78, 5) is 0. The second-order valence-electron chi connectivity index (χ2n) is 7.06. The SMILES string of the molecule is Fc1ccc(-n2c(SCc3cc(F)cc4c3OCOC4)nnc2-c2ccccc2)c(F)c1. The van der Waals surface area contributed by atoms with Gasteiger partial charge in [0, 0.05) is 28.5 Å². The number of nitrogens with zero attached hydrogens (tertiary/aromatic N) is 3. The molecule has 4 aromatic rings. The van der Waals surface area contributed by atoms with Crippen molar-refractivity contribution >= 4 is 11.8 Å². The highest BCUT2D eigenvalue weighted by Crippen LogP contribution is 2.35. The number of fused-ring (bicyclic) bond motifs is 1. The number of benzene rings is 3. The first-order valence-electron chi connectivity index (χ1n) is 9.71. The van der Waals surface area contributed by atoms with Crippen LogP contribution in [0, 0.1) is 17.5 Å². The zero-order valence-electron chi connectivity index (χ0n) is 16.6. The molecule has 0 fully saturated rings. The molecule has 0 atom stereocenters. The lowest BCUT2D eigenvalue weighted by molar-refractivity contribution is -0.0171. The standard InChI is InChI=1S/C23H16F3N3O2S/c24-17-6-7-20(19(26)10-17)29-22(14-4-2-1-3-5-14)27-28-23(29)32-12-16-9-18(25)8-15-11-30-13-31-21(15)16/h1-10H,11-13H2. The van der Waals surface area contributed by atoms with Crippen LogP contribution in [0.25, 0.3) is 17.1 Å². The third-order valence-corrected chi connectivity index (χ3v) is 5.90. The first-order chi connectivity index (χ1) is 15.6. The van der Waals surface area contributed by atoms with Gasteiger partial charge in [0.15, 0.2) is 17.8 Å². The van der Waals surface area contributed by atoms with Crippen LogP contribution in [0.3, 0.4) is 0 Å². The fourth-order valence-corrected chi connectivity index (χ4v) is 4.44. The van der Waals surface area contributed by atoms with E-state index in [-0.39, 0.29) is 19.1 Å². The molecule has 162 valence electrons. The van der Waals surface area contributed by atoms with E-state index in [9.17, 15) is 13.2 Å². The van der Waals surface area contributed by atoms with Gasteiger partial charge >= 0.3 is 0 Å². The Morgan fingerprint density at radius 2 is 1.78 bits per heavy atom. The van der Waals surface area contributed by atoms with Gasteiger partial charge in [0.25, 0.3) is 0 Å². The normalized spacial score (nSPS) is 13.0.